The van der Waals surface area contributed by atoms with Gasteiger partial charge in [-0.2, -0.15) is 0 Å². The van der Waals surface area contributed by atoms with Gasteiger partial charge in [-0.25, -0.2) is 0 Å². The molecule has 2 saturated heterocycles. The maximum absolute atomic E-state index is 11.6. The van der Waals surface area contributed by atoms with Crippen LogP contribution in [0, 0.1) is 5.92 Å². The molecule has 2 aliphatic heterocycles. The third-order valence-electron chi connectivity index (χ3n) is 4.70. The molecule has 118 valence electrons. The number of nitrogens with zero attached hydrogens (tertiary/aromatic N) is 3. The van der Waals surface area contributed by atoms with Crippen LogP contribution in [0.1, 0.15) is 24.3 Å². The predicted molar refractivity (Wildman–Crippen MR) is 80.4 cm³/mol. The van der Waals surface area contributed by atoms with Crippen molar-refractivity contribution in [2.75, 3.05) is 32.7 Å². The number of aliphatic carboxylic acids is 1. The molecule has 2 aliphatic rings. The predicted octanol–water partition coefficient (Wildman–Crippen LogP) is 0.804. The number of aromatic nitrogens is 1. The van der Waals surface area contributed by atoms with Gasteiger partial charge in [0.2, 0.25) is 5.91 Å². The zero-order valence-electron chi connectivity index (χ0n) is 12.5. The van der Waals surface area contributed by atoms with Crippen LogP contribution in [0.4, 0.5) is 0 Å². The first-order chi connectivity index (χ1) is 10.6. The van der Waals surface area contributed by atoms with Gasteiger partial charge in [-0.05, 0) is 24.1 Å². The Hall–Kier alpha value is -1.95. The van der Waals surface area contributed by atoms with Crippen LogP contribution in [0.3, 0.4) is 0 Å². The number of hydrogen-bond donors (Lipinski definition) is 1. The zero-order valence-corrected chi connectivity index (χ0v) is 12.5. The molecule has 1 amide bonds. The highest BCUT2D eigenvalue weighted by molar-refractivity contribution is 5.78. The Morgan fingerprint density at radius 2 is 2.05 bits per heavy atom. The fourth-order valence-corrected chi connectivity index (χ4v) is 3.47. The van der Waals surface area contributed by atoms with Crippen LogP contribution in [0.5, 0.6) is 0 Å². The van der Waals surface area contributed by atoms with Crippen LogP contribution < -0.4 is 0 Å². The molecule has 0 saturated carbocycles. The Morgan fingerprint density at radius 1 is 1.27 bits per heavy atom. The van der Waals surface area contributed by atoms with Crippen molar-refractivity contribution in [2.24, 2.45) is 5.92 Å². The standard InChI is InChI=1S/C16H21N3O3/c20-15-2-1-7-19(15)9-8-18-10-13(14(11-18)16(21)22)12-3-5-17-6-4-12/h3-6,13-14H,1-2,7-11H2,(H,21,22). The largest absolute Gasteiger partial charge is 0.481 e. The molecule has 3 rings (SSSR count). The highest BCUT2D eigenvalue weighted by Gasteiger charge is 2.38. The van der Waals surface area contributed by atoms with E-state index in [0.717, 1.165) is 31.6 Å². The van der Waals surface area contributed by atoms with Crippen LogP contribution in [0.15, 0.2) is 24.5 Å². The average Bonchev–Trinajstić information content (AvgIpc) is 3.12. The molecule has 2 atom stereocenters. The van der Waals surface area contributed by atoms with Gasteiger partial charge in [0.1, 0.15) is 0 Å². The molecular formula is C16H21N3O3. The normalized spacial score (nSPS) is 25.8. The summed E-state index contributed by atoms with van der Waals surface area (Å²) in [7, 11) is 0. The summed E-state index contributed by atoms with van der Waals surface area (Å²) in [6.07, 6.45) is 5.01. The second-order valence-corrected chi connectivity index (χ2v) is 6.08. The first-order valence-corrected chi connectivity index (χ1v) is 7.78. The average molecular weight is 303 g/mol. The van der Waals surface area contributed by atoms with Crippen LogP contribution >= 0.6 is 0 Å². The molecule has 0 bridgehead atoms. The number of likely N-dealkylation sites (tertiary alicyclic amines) is 2. The van der Waals surface area contributed by atoms with E-state index in [1.165, 1.54) is 0 Å². The van der Waals surface area contributed by atoms with Gasteiger partial charge >= 0.3 is 5.97 Å². The maximum Gasteiger partial charge on any atom is 0.308 e. The summed E-state index contributed by atoms with van der Waals surface area (Å²) in [6.45, 7) is 3.56. The molecular weight excluding hydrogens is 282 g/mol. The Labute approximate surface area is 129 Å². The molecule has 2 unspecified atom stereocenters. The van der Waals surface area contributed by atoms with Gasteiger partial charge in [0.05, 0.1) is 5.92 Å². The number of carboxylic acid groups (broad SMARTS) is 1. The lowest BCUT2D eigenvalue weighted by Gasteiger charge is -2.21. The first kappa shape index (κ1) is 15.0. The minimum atomic E-state index is -0.749. The third-order valence-corrected chi connectivity index (χ3v) is 4.70. The molecule has 0 aliphatic carbocycles. The van der Waals surface area contributed by atoms with E-state index >= 15 is 0 Å². The van der Waals surface area contributed by atoms with Gasteiger partial charge in [0.15, 0.2) is 0 Å². The molecule has 6 heteroatoms. The summed E-state index contributed by atoms with van der Waals surface area (Å²) in [6, 6.07) is 3.79. The van der Waals surface area contributed by atoms with Crippen LogP contribution in [-0.4, -0.2) is 64.5 Å². The van der Waals surface area contributed by atoms with Gasteiger partial charge in [0, 0.05) is 57.5 Å². The van der Waals surface area contributed by atoms with E-state index in [4.69, 9.17) is 0 Å². The lowest BCUT2D eigenvalue weighted by atomic mass is 9.90. The quantitative estimate of drug-likeness (QED) is 0.871. The van der Waals surface area contributed by atoms with Gasteiger partial charge in [-0.3, -0.25) is 14.6 Å². The molecule has 0 spiro atoms. The molecule has 22 heavy (non-hydrogen) atoms. The van der Waals surface area contributed by atoms with E-state index in [9.17, 15) is 14.7 Å². The number of rotatable bonds is 5. The Bertz CT molecular complexity index is 549. The van der Waals surface area contributed by atoms with E-state index in [-0.39, 0.29) is 11.8 Å². The summed E-state index contributed by atoms with van der Waals surface area (Å²) in [5.74, 6) is -0.923. The topological polar surface area (TPSA) is 73.7 Å². The zero-order chi connectivity index (χ0) is 15.5. The van der Waals surface area contributed by atoms with Crippen molar-refractivity contribution in [2.45, 2.75) is 18.8 Å². The summed E-state index contributed by atoms with van der Waals surface area (Å²) < 4.78 is 0. The number of amides is 1. The molecule has 2 fully saturated rings. The van der Waals surface area contributed by atoms with Crippen molar-refractivity contribution >= 4 is 11.9 Å². The van der Waals surface area contributed by atoms with Gasteiger partial charge in [0.25, 0.3) is 0 Å². The lowest BCUT2D eigenvalue weighted by Crippen LogP contribution is -2.35. The summed E-state index contributed by atoms with van der Waals surface area (Å²) >= 11 is 0. The van der Waals surface area contributed by atoms with Gasteiger partial charge in [-0.15, -0.1) is 0 Å². The van der Waals surface area contributed by atoms with E-state index in [0.29, 0.717) is 19.5 Å². The molecule has 0 aromatic carbocycles. The first-order valence-electron chi connectivity index (χ1n) is 7.78. The fraction of sp³-hybridized carbons (Fsp3) is 0.562. The second-order valence-electron chi connectivity index (χ2n) is 6.08. The monoisotopic (exact) mass is 303 g/mol. The number of carbonyl (C=O) groups is 2. The fourth-order valence-electron chi connectivity index (χ4n) is 3.47. The highest BCUT2D eigenvalue weighted by atomic mass is 16.4. The van der Waals surface area contributed by atoms with Crippen molar-refractivity contribution in [1.29, 1.82) is 0 Å². The molecule has 6 nitrogen and oxygen atoms in total. The Kier molecular flexibility index (Phi) is 4.38. The van der Waals surface area contributed by atoms with Crippen molar-refractivity contribution in [3.05, 3.63) is 30.1 Å². The van der Waals surface area contributed by atoms with Crippen LogP contribution in [0.25, 0.3) is 0 Å². The van der Waals surface area contributed by atoms with Gasteiger partial charge in [-0.1, -0.05) is 0 Å². The van der Waals surface area contributed by atoms with Crippen LogP contribution in [-0.2, 0) is 9.59 Å². The second kappa shape index (κ2) is 6.44. The van der Waals surface area contributed by atoms with E-state index < -0.39 is 11.9 Å². The molecule has 3 heterocycles. The smallest absolute Gasteiger partial charge is 0.308 e. The number of carboxylic acids is 1. The third kappa shape index (κ3) is 3.11. The van der Waals surface area contributed by atoms with E-state index in [1.54, 1.807) is 12.4 Å². The lowest BCUT2D eigenvalue weighted by molar-refractivity contribution is -0.141. The van der Waals surface area contributed by atoms with Crippen molar-refractivity contribution in [3.8, 4) is 0 Å². The van der Waals surface area contributed by atoms with E-state index in [2.05, 4.69) is 9.88 Å². The number of pyridine rings is 1. The number of carbonyl (C=O) groups excluding carboxylic acids is 1. The molecule has 1 N–H and O–H groups in total. The summed E-state index contributed by atoms with van der Waals surface area (Å²) in [5.41, 5.74) is 1.03. The summed E-state index contributed by atoms with van der Waals surface area (Å²) in [5, 5.41) is 9.48. The molecule has 1 aromatic heterocycles. The SMILES string of the molecule is O=C(O)C1CN(CCN2CCCC2=O)CC1c1ccncc1. The minimum absolute atomic E-state index is 0.00483. The molecule has 1 aromatic rings. The van der Waals surface area contributed by atoms with Crippen molar-refractivity contribution in [1.82, 2.24) is 14.8 Å². The number of hydrogen-bond acceptors (Lipinski definition) is 4. The maximum atomic E-state index is 11.6. The van der Waals surface area contributed by atoms with Crippen molar-refractivity contribution < 1.29 is 14.7 Å². The minimum Gasteiger partial charge on any atom is -0.481 e. The van der Waals surface area contributed by atoms with Crippen molar-refractivity contribution in [3.63, 3.8) is 0 Å². The summed E-state index contributed by atoms with van der Waals surface area (Å²) in [4.78, 5) is 31.2. The van der Waals surface area contributed by atoms with E-state index in [1.807, 2.05) is 17.0 Å². The van der Waals surface area contributed by atoms with Crippen LogP contribution in [0.2, 0.25) is 0 Å². The van der Waals surface area contributed by atoms with Gasteiger partial charge < -0.3 is 14.9 Å². The highest BCUT2D eigenvalue weighted by Crippen LogP contribution is 2.32. The molecule has 0 radical (unpaired) electrons. The Morgan fingerprint density at radius 3 is 2.68 bits per heavy atom. The Balaban J connectivity index is 1.63.